The largest absolute Gasteiger partial charge is 0.464 e. The van der Waals surface area contributed by atoms with Gasteiger partial charge in [0.05, 0.1) is 41.9 Å². The Morgan fingerprint density at radius 3 is 2.53 bits per heavy atom. The normalized spacial score (nSPS) is 29.5. The molecule has 6 bridgehead atoms. The quantitative estimate of drug-likeness (QED) is 0.168. The van der Waals surface area contributed by atoms with E-state index in [-0.39, 0.29) is 59.8 Å². The van der Waals surface area contributed by atoms with Crippen molar-refractivity contribution in [2.45, 2.75) is 128 Å². The molecule has 364 valence electrons. The van der Waals surface area contributed by atoms with Crippen LogP contribution in [0.25, 0.3) is 33.4 Å². The van der Waals surface area contributed by atoms with Gasteiger partial charge in [-0.15, -0.1) is 11.3 Å². The van der Waals surface area contributed by atoms with E-state index in [9.17, 15) is 9.59 Å². The van der Waals surface area contributed by atoms with E-state index in [0.717, 1.165) is 89.7 Å². The number of methoxy groups -OCH3 is 1. The predicted octanol–water partition coefficient (Wildman–Crippen LogP) is 7.02. The Kier molecular flexibility index (Phi) is 11.9. The number of hydrazine groups is 1. The molecule has 7 atom stereocenters. The molecule has 0 unspecified atom stereocenters. The van der Waals surface area contributed by atoms with Crippen molar-refractivity contribution in [2.24, 2.45) is 29.1 Å². The highest BCUT2D eigenvalue weighted by Gasteiger charge is 2.57. The summed E-state index contributed by atoms with van der Waals surface area (Å²) in [6.07, 6.45) is 8.19. The summed E-state index contributed by atoms with van der Waals surface area (Å²) in [5, 5.41) is 9.06. The van der Waals surface area contributed by atoms with Crippen LogP contribution >= 0.6 is 11.3 Å². The number of esters is 1. The smallest absolute Gasteiger partial charge is 0.324 e. The van der Waals surface area contributed by atoms with Gasteiger partial charge in [-0.1, -0.05) is 40.7 Å². The molecule has 2 saturated carbocycles. The van der Waals surface area contributed by atoms with E-state index < -0.39 is 23.5 Å². The molecule has 11 rings (SSSR count). The number of pyridine rings is 1. The second-order valence-corrected chi connectivity index (χ2v) is 23.6. The van der Waals surface area contributed by atoms with Crippen LogP contribution in [0.4, 0.5) is 0 Å². The number of ether oxygens (including phenoxy) is 2. The van der Waals surface area contributed by atoms with Gasteiger partial charge in [0.25, 0.3) is 5.91 Å². The molecule has 8 heterocycles. The first kappa shape index (κ1) is 46.2. The number of thiazole rings is 1. The number of carbonyl (C=O) groups is 3. The minimum atomic E-state index is -0.933. The third-order valence-electron chi connectivity index (χ3n) is 17.1. The molecule has 5 aliphatic heterocycles. The Balaban J connectivity index is 1.07. The molecular formula is C53H71N9O5S. The van der Waals surface area contributed by atoms with Crippen LogP contribution in [0.5, 0.6) is 0 Å². The van der Waals surface area contributed by atoms with E-state index in [1.165, 1.54) is 18.4 Å². The van der Waals surface area contributed by atoms with Crippen LogP contribution in [0.3, 0.4) is 0 Å². The van der Waals surface area contributed by atoms with Crippen LogP contribution in [0.2, 0.25) is 0 Å². The van der Waals surface area contributed by atoms with E-state index in [1.807, 2.05) is 12.3 Å². The number of nitrogens with one attached hydrogen (secondary N) is 2. The number of benzene rings is 1. The lowest BCUT2D eigenvalue weighted by atomic mass is 9.84. The molecule has 15 heteroatoms. The van der Waals surface area contributed by atoms with Crippen LogP contribution in [-0.4, -0.2) is 136 Å². The zero-order valence-electron chi connectivity index (χ0n) is 41.3. The number of aromatic nitrogens is 3. The maximum absolute atomic E-state index is 15.3. The molecule has 1 aromatic carbocycles. The summed E-state index contributed by atoms with van der Waals surface area (Å²) < 4.78 is 14.9. The molecule has 6 fully saturated rings. The van der Waals surface area contributed by atoms with Crippen LogP contribution in [0.15, 0.2) is 41.9 Å². The molecule has 2 amide bonds. The van der Waals surface area contributed by atoms with Crippen molar-refractivity contribution in [1.82, 2.24) is 45.0 Å². The Hall–Kier alpha value is -4.25. The van der Waals surface area contributed by atoms with Gasteiger partial charge >= 0.3 is 5.97 Å². The van der Waals surface area contributed by atoms with Crippen molar-refractivity contribution in [2.75, 3.05) is 60.0 Å². The summed E-state index contributed by atoms with van der Waals surface area (Å²) in [7, 11) is 3.95. The fourth-order valence-electron chi connectivity index (χ4n) is 12.9. The minimum Gasteiger partial charge on any atom is -0.464 e. The number of cyclic esters (lactones) is 1. The van der Waals surface area contributed by atoms with Crippen LogP contribution in [0.1, 0.15) is 115 Å². The molecular weight excluding hydrogens is 875 g/mol. The monoisotopic (exact) mass is 946 g/mol. The number of amides is 2. The number of likely N-dealkylation sites (tertiary alicyclic amines) is 3. The van der Waals surface area contributed by atoms with Gasteiger partial charge in [0.15, 0.2) is 0 Å². The van der Waals surface area contributed by atoms with Crippen molar-refractivity contribution < 1.29 is 23.9 Å². The lowest BCUT2D eigenvalue weighted by molar-refractivity contribution is -0.156. The topological polar surface area (TPSA) is 137 Å². The maximum Gasteiger partial charge on any atom is 0.324 e. The highest BCUT2D eigenvalue weighted by molar-refractivity contribution is 7.10. The summed E-state index contributed by atoms with van der Waals surface area (Å²) in [6.45, 7) is 18.1. The minimum absolute atomic E-state index is 0.0288. The Morgan fingerprint density at radius 2 is 1.82 bits per heavy atom. The summed E-state index contributed by atoms with van der Waals surface area (Å²) in [5.41, 5.74) is 10.2. The average molecular weight is 946 g/mol. The Bertz CT molecular complexity index is 2590. The number of hydrogen-bond acceptors (Lipinski definition) is 12. The van der Waals surface area contributed by atoms with Gasteiger partial charge in [0.1, 0.15) is 17.1 Å². The molecule has 4 saturated heterocycles. The molecule has 7 aliphatic rings. The van der Waals surface area contributed by atoms with Gasteiger partial charge in [0.2, 0.25) is 5.91 Å². The van der Waals surface area contributed by atoms with Crippen LogP contribution in [0, 0.1) is 29.1 Å². The number of likely N-dealkylation sites (N-methyl/N-ethyl adjacent to an activating group) is 1. The van der Waals surface area contributed by atoms with Crippen LogP contribution < -0.4 is 10.7 Å². The molecule has 1 spiro atoms. The fourth-order valence-corrected chi connectivity index (χ4v) is 13.9. The number of fused-ring (bicyclic) bond motifs is 6. The van der Waals surface area contributed by atoms with Gasteiger partial charge in [-0.2, -0.15) is 0 Å². The number of hydrogen-bond donors (Lipinski definition) is 2. The molecule has 2 N–H and O–H groups in total. The second-order valence-electron chi connectivity index (χ2n) is 22.7. The lowest BCUT2D eigenvalue weighted by Gasteiger charge is -2.55. The predicted molar refractivity (Wildman–Crippen MR) is 263 cm³/mol. The maximum atomic E-state index is 15.3. The standard InChI is InChI=1S/C53H71N9O5S/c1-30(2)42-31(3)43(42)48(63)56-45-47(60-27-53(28-60)18-11-20-58(53)7)49-55-40(26-68-49)33-14-17-41-37(22-33)38(23-52(5,6)29-67-51(65)39-13-10-21-61(57-39)50(45)64)46(36-12-9-19-54-44(36)32(4)66-8)62(41)35-24-59(25-35)34-15-16-34/h9,12,14,17,19,22,26,30-32,34-35,39,42-43,45,47,57H,10-11,13,15-16,18,20-21,23-25,27-29H2,1-8H3,(H,56,63)/t31-,32+,39+,42+,43+,45+,47+/m1/s1. The van der Waals surface area contributed by atoms with Gasteiger partial charge in [-0.25, -0.2) is 10.4 Å². The summed E-state index contributed by atoms with van der Waals surface area (Å²) >= 11 is 1.57. The summed E-state index contributed by atoms with van der Waals surface area (Å²) in [6, 6.07) is 9.81. The second kappa shape index (κ2) is 17.6. The fraction of sp³-hybridized carbons (Fsp3) is 0.642. The highest BCUT2D eigenvalue weighted by Crippen LogP contribution is 2.52. The van der Waals surface area contributed by atoms with Crippen molar-refractivity contribution in [3.05, 3.63) is 58.2 Å². The lowest BCUT2D eigenvalue weighted by Crippen LogP contribution is -2.70. The van der Waals surface area contributed by atoms with Gasteiger partial charge in [0, 0.05) is 96.4 Å². The summed E-state index contributed by atoms with van der Waals surface area (Å²) in [5.74, 6) is -0.0222. The van der Waals surface area contributed by atoms with Crippen molar-refractivity contribution >= 4 is 40.0 Å². The van der Waals surface area contributed by atoms with E-state index in [0.29, 0.717) is 37.8 Å². The van der Waals surface area contributed by atoms with Gasteiger partial charge < -0.3 is 19.4 Å². The molecule has 3 aromatic heterocycles. The van der Waals surface area contributed by atoms with Gasteiger partial charge in [-0.05, 0) is 113 Å². The van der Waals surface area contributed by atoms with Crippen LogP contribution in [-0.2, 0) is 30.3 Å². The average Bonchev–Trinajstić information content (AvgIpc) is 4.12. The number of nitrogens with zero attached hydrogens (tertiary/aromatic N) is 7. The Morgan fingerprint density at radius 1 is 1.03 bits per heavy atom. The number of carbonyl (C=O) groups excluding carboxylic acids is 3. The third kappa shape index (κ3) is 8.10. The van der Waals surface area contributed by atoms with E-state index in [2.05, 4.69) is 108 Å². The van der Waals surface area contributed by atoms with Crippen molar-refractivity contribution in [1.29, 1.82) is 0 Å². The molecule has 4 aromatic rings. The van der Waals surface area contributed by atoms with Crippen molar-refractivity contribution in [3.8, 4) is 22.5 Å². The zero-order chi connectivity index (χ0) is 47.4. The molecule has 2 aliphatic carbocycles. The Labute approximate surface area is 405 Å². The number of rotatable bonds is 9. The molecule has 14 nitrogen and oxygen atoms in total. The zero-order valence-corrected chi connectivity index (χ0v) is 42.1. The van der Waals surface area contributed by atoms with E-state index in [4.69, 9.17) is 19.4 Å². The first-order chi connectivity index (χ1) is 32.6. The van der Waals surface area contributed by atoms with E-state index in [1.54, 1.807) is 23.5 Å². The molecule has 0 radical (unpaired) electrons. The molecule has 68 heavy (non-hydrogen) atoms. The first-order valence-electron chi connectivity index (χ1n) is 25.5. The van der Waals surface area contributed by atoms with E-state index >= 15 is 4.79 Å². The summed E-state index contributed by atoms with van der Waals surface area (Å²) in [4.78, 5) is 62.0. The van der Waals surface area contributed by atoms with Crippen molar-refractivity contribution in [3.63, 3.8) is 0 Å². The van der Waals surface area contributed by atoms with Gasteiger partial charge in [-0.3, -0.25) is 39.1 Å². The highest BCUT2D eigenvalue weighted by atomic mass is 32.1. The first-order valence-corrected chi connectivity index (χ1v) is 26.4. The SMILES string of the molecule is CO[C@@H](C)c1ncccc1-c1c2c3cc(ccc3n1C1CN(C3CC3)C1)-c1csc(n1)[C@@H](N1CC3(CCCN3C)C1)[C@H](NC(=O)[C@H]1[C@H](C)[C@@H]1C(C)C)C(=O)N1CCC[C@H](N1)C(=O)OCC(C)(C)C2. The third-order valence-corrected chi connectivity index (χ3v) is 18.0.